The van der Waals surface area contributed by atoms with Crippen LogP contribution in [-0.4, -0.2) is 82.0 Å². The number of carbonyl (C=O) groups is 4. The Morgan fingerprint density at radius 1 is 0.880 bits per heavy atom. The number of aryl methyl sites for hydroxylation is 1. The molecule has 1 aliphatic carbocycles. The zero-order chi connectivity index (χ0) is 35.0. The predicted molar refractivity (Wildman–Crippen MR) is 192 cm³/mol. The number of rotatable bonds is 13. The fourth-order valence-electron chi connectivity index (χ4n) is 7.13. The molecule has 0 unspecified atom stereocenters. The summed E-state index contributed by atoms with van der Waals surface area (Å²) in [6, 6.07) is 26.0. The first-order valence-electron chi connectivity index (χ1n) is 17.4. The van der Waals surface area contributed by atoms with Gasteiger partial charge >= 0.3 is 0 Å². The van der Waals surface area contributed by atoms with Crippen molar-refractivity contribution in [3.8, 4) is 0 Å². The number of hydrogen-bond acceptors (Lipinski definition) is 6. The molecule has 1 aliphatic heterocycles. The average Bonchev–Trinajstić information content (AvgIpc) is 3.77. The van der Waals surface area contributed by atoms with Gasteiger partial charge in [-0.1, -0.05) is 73.7 Å². The van der Waals surface area contributed by atoms with E-state index in [1.54, 1.807) is 43.0 Å². The number of benzene rings is 3. The lowest BCUT2D eigenvalue weighted by molar-refractivity contribution is -0.138. The van der Waals surface area contributed by atoms with Crippen LogP contribution in [0.25, 0.3) is 0 Å². The van der Waals surface area contributed by atoms with Crippen LogP contribution in [0.2, 0.25) is 0 Å². The second-order valence-corrected chi connectivity index (χ2v) is 13.2. The summed E-state index contributed by atoms with van der Waals surface area (Å²) >= 11 is 0. The fourth-order valence-corrected chi connectivity index (χ4v) is 7.13. The van der Waals surface area contributed by atoms with Gasteiger partial charge in [0, 0.05) is 64.4 Å². The van der Waals surface area contributed by atoms with Gasteiger partial charge in [0.15, 0.2) is 0 Å². The monoisotopic (exact) mass is 675 g/mol. The minimum atomic E-state index is -0.769. The molecular weight excluding hydrogens is 630 g/mol. The quantitative estimate of drug-likeness (QED) is 0.209. The predicted octanol–water partition coefficient (Wildman–Crippen LogP) is 3.59. The van der Waals surface area contributed by atoms with Gasteiger partial charge in [0.2, 0.25) is 24.1 Å². The van der Waals surface area contributed by atoms with E-state index in [9.17, 15) is 19.2 Å². The van der Waals surface area contributed by atoms with Gasteiger partial charge in [-0.2, -0.15) is 5.10 Å². The Balaban J connectivity index is 1.12. The Bertz CT molecular complexity index is 1760. The molecule has 50 heavy (non-hydrogen) atoms. The van der Waals surface area contributed by atoms with E-state index in [2.05, 4.69) is 44.9 Å². The average molecular weight is 676 g/mol. The summed E-state index contributed by atoms with van der Waals surface area (Å²) in [6.45, 7) is 5.33. The van der Waals surface area contributed by atoms with Crippen LogP contribution in [0.1, 0.15) is 35.6 Å². The number of nitrogens with one attached hydrogen (secondary N) is 2. The Hall–Kier alpha value is -5.29. The maximum absolute atomic E-state index is 14.0. The van der Waals surface area contributed by atoms with E-state index in [1.165, 1.54) is 21.6 Å². The van der Waals surface area contributed by atoms with Crippen molar-refractivity contribution in [1.29, 1.82) is 0 Å². The van der Waals surface area contributed by atoms with Crippen LogP contribution in [0.4, 0.5) is 11.5 Å². The second kappa shape index (κ2) is 15.9. The third-order valence-corrected chi connectivity index (χ3v) is 9.82. The van der Waals surface area contributed by atoms with E-state index in [0.29, 0.717) is 50.3 Å². The molecule has 11 nitrogen and oxygen atoms in total. The van der Waals surface area contributed by atoms with Crippen molar-refractivity contribution in [1.82, 2.24) is 24.9 Å². The maximum Gasteiger partial charge on any atom is 0.247 e. The summed E-state index contributed by atoms with van der Waals surface area (Å²) in [5, 5.41) is 10.2. The normalized spacial score (nSPS) is 15.9. The fraction of sp³-hybridized carbons (Fsp3) is 0.359. The molecule has 4 aromatic rings. The van der Waals surface area contributed by atoms with E-state index in [1.807, 2.05) is 47.4 Å². The Kier molecular flexibility index (Phi) is 11.0. The minimum Gasteiger partial charge on any atom is -0.344 e. The number of anilines is 2. The molecule has 3 aromatic carbocycles. The van der Waals surface area contributed by atoms with Crippen LogP contribution in [-0.2, 0) is 52.0 Å². The lowest BCUT2D eigenvalue weighted by atomic mass is 9.94. The number of carbonyl (C=O) groups excluding carboxylic acids is 4. The summed E-state index contributed by atoms with van der Waals surface area (Å²) in [4.78, 5) is 58.4. The van der Waals surface area contributed by atoms with Crippen molar-refractivity contribution in [3.63, 3.8) is 0 Å². The molecular formula is C39H45N7O4. The maximum atomic E-state index is 14.0. The van der Waals surface area contributed by atoms with Crippen LogP contribution >= 0.6 is 0 Å². The van der Waals surface area contributed by atoms with Crippen molar-refractivity contribution in [2.45, 2.75) is 51.2 Å². The Labute approximate surface area is 293 Å². The molecule has 1 aromatic heterocycles. The van der Waals surface area contributed by atoms with Crippen LogP contribution in [0, 0.1) is 5.92 Å². The molecule has 0 spiro atoms. The second-order valence-electron chi connectivity index (χ2n) is 13.2. The van der Waals surface area contributed by atoms with E-state index in [0.717, 1.165) is 25.2 Å². The molecule has 1 saturated heterocycles. The van der Waals surface area contributed by atoms with Gasteiger partial charge in [-0.3, -0.25) is 33.7 Å². The van der Waals surface area contributed by atoms with Crippen LogP contribution in [0.3, 0.4) is 0 Å². The molecule has 6 rings (SSSR count). The molecule has 1 fully saturated rings. The van der Waals surface area contributed by atoms with E-state index in [4.69, 9.17) is 0 Å². The number of fused-ring (bicyclic) bond motifs is 1. The summed E-state index contributed by atoms with van der Waals surface area (Å²) in [5.74, 6) is -0.149. The summed E-state index contributed by atoms with van der Waals surface area (Å²) in [6.07, 6.45) is 4.27. The molecule has 2 atom stereocenters. The summed E-state index contributed by atoms with van der Waals surface area (Å²) < 4.78 is 1.59. The first-order valence-corrected chi connectivity index (χ1v) is 17.4. The first kappa shape index (κ1) is 34.6. The highest BCUT2D eigenvalue weighted by Crippen LogP contribution is 2.33. The highest BCUT2D eigenvalue weighted by Gasteiger charge is 2.39. The van der Waals surface area contributed by atoms with E-state index < -0.39 is 12.1 Å². The van der Waals surface area contributed by atoms with Crippen molar-refractivity contribution < 1.29 is 19.2 Å². The minimum absolute atomic E-state index is 0.0898. The zero-order valence-corrected chi connectivity index (χ0v) is 28.7. The zero-order valence-electron chi connectivity index (χ0n) is 28.7. The summed E-state index contributed by atoms with van der Waals surface area (Å²) in [7, 11) is 1.75. The first-order chi connectivity index (χ1) is 24.3. The largest absolute Gasteiger partial charge is 0.344 e. The van der Waals surface area contributed by atoms with Crippen molar-refractivity contribution in [2.24, 2.45) is 13.0 Å². The highest BCUT2D eigenvalue weighted by atomic mass is 16.2. The van der Waals surface area contributed by atoms with Gasteiger partial charge < -0.3 is 15.5 Å². The molecule has 2 heterocycles. The number of aromatic nitrogens is 2. The van der Waals surface area contributed by atoms with E-state index >= 15 is 0 Å². The Morgan fingerprint density at radius 3 is 2.14 bits per heavy atom. The van der Waals surface area contributed by atoms with Crippen LogP contribution in [0.5, 0.6) is 0 Å². The third-order valence-electron chi connectivity index (χ3n) is 9.82. The van der Waals surface area contributed by atoms with Gasteiger partial charge in [0.1, 0.15) is 17.9 Å². The van der Waals surface area contributed by atoms with Crippen molar-refractivity contribution >= 4 is 35.6 Å². The lowest BCUT2D eigenvalue weighted by Crippen LogP contribution is -2.55. The van der Waals surface area contributed by atoms with Crippen molar-refractivity contribution in [2.75, 3.05) is 36.4 Å². The molecule has 0 radical (unpaired) electrons. The number of amides is 4. The molecule has 2 N–H and O–H groups in total. The van der Waals surface area contributed by atoms with Crippen LogP contribution < -0.4 is 15.5 Å². The smallest absolute Gasteiger partial charge is 0.247 e. The standard InChI is InChI=1S/C39H45N7O4/c1-3-35(48)42-34(39(50)45-21-19-44(20-22-45)26-29-9-5-4-6-10-29)23-28-13-15-33(16-14-28)41-38(49)37(46(27-47)36-17-18-40-43(36)2)32-24-30-11-7-8-12-31(30)25-32/h4-18,27,32,34,37H,3,19-26H2,1-2H3,(H,41,49)(H,42,48)/t34-,37+/m1/s1. The van der Waals surface area contributed by atoms with E-state index in [-0.39, 0.29) is 30.1 Å². The molecule has 11 heteroatoms. The topological polar surface area (TPSA) is 120 Å². The number of piperazine rings is 1. The Morgan fingerprint density at radius 2 is 1.54 bits per heavy atom. The number of hydrogen-bond donors (Lipinski definition) is 2. The molecule has 4 amide bonds. The molecule has 260 valence electrons. The highest BCUT2D eigenvalue weighted by molar-refractivity contribution is 6.00. The van der Waals surface area contributed by atoms with Gasteiger partial charge in [-0.25, -0.2) is 0 Å². The SMILES string of the molecule is CCC(=O)N[C@H](Cc1ccc(NC(=O)[C@H](C2Cc3ccccc3C2)N(C=O)c2ccnn2C)cc1)C(=O)N1CCN(Cc2ccccc2)CC1. The van der Waals surface area contributed by atoms with Gasteiger partial charge in [0.25, 0.3) is 0 Å². The van der Waals surface area contributed by atoms with Gasteiger partial charge in [-0.05, 0) is 53.1 Å². The molecule has 2 aliphatic rings. The van der Waals surface area contributed by atoms with Gasteiger partial charge in [0.05, 0.1) is 6.20 Å². The summed E-state index contributed by atoms with van der Waals surface area (Å²) in [5.41, 5.74) is 5.04. The van der Waals surface area contributed by atoms with Crippen LogP contribution in [0.15, 0.2) is 91.1 Å². The molecule has 0 saturated carbocycles. The van der Waals surface area contributed by atoms with Crippen molar-refractivity contribution in [3.05, 3.63) is 113 Å². The molecule has 0 bridgehead atoms. The lowest BCUT2D eigenvalue weighted by Gasteiger charge is -2.36. The number of nitrogens with zero attached hydrogens (tertiary/aromatic N) is 5. The van der Waals surface area contributed by atoms with Gasteiger partial charge in [-0.15, -0.1) is 0 Å². The third kappa shape index (κ3) is 8.11.